The predicted octanol–water partition coefficient (Wildman–Crippen LogP) is 4.34. The number of amides is 3. The van der Waals surface area contributed by atoms with Gasteiger partial charge in [0, 0.05) is 18.9 Å². The third-order valence-corrected chi connectivity index (χ3v) is 10.2. The Morgan fingerprint density at radius 2 is 1.57 bits per heavy atom. The minimum Gasteiger partial charge on any atom is -0.480 e. The number of ketones is 1. The van der Waals surface area contributed by atoms with Gasteiger partial charge in [0.15, 0.2) is 5.78 Å². The number of benzene rings is 2. The van der Waals surface area contributed by atoms with E-state index in [2.05, 4.69) is 5.32 Å². The lowest BCUT2D eigenvalue weighted by atomic mass is 9.48. The van der Waals surface area contributed by atoms with Crippen molar-refractivity contribution in [3.63, 3.8) is 0 Å². The summed E-state index contributed by atoms with van der Waals surface area (Å²) in [5, 5.41) is 11.6. The lowest BCUT2D eigenvalue weighted by Crippen LogP contribution is -2.60. The van der Waals surface area contributed by atoms with Gasteiger partial charge in [0.25, 0.3) is 0 Å². The molecule has 4 aliphatic carbocycles. The zero-order valence-corrected chi connectivity index (χ0v) is 24.8. The highest BCUT2D eigenvalue weighted by Gasteiger charge is 2.54. The van der Waals surface area contributed by atoms with E-state index in [9.17, 15) is 33.5 Å². The van der Waals surface area contributed by atoms with Gasteiger partial charge in [-0.05, 0) is 97.9 Å². The first-order valence-electron chi connectivity index (χ1n) is 15.5. The zero-order chi connectivity index (χ0) is 31.2. The van der Waals surface area contributed by atoms with Crippen LogP contribution in [0.2, 0.25) is 0 Å². The molecule has 7 rings (SSSR count). The minimum absolute atomic E-state index is 0.0302. The van der Waals surface area contributed by atoms with Gasteiger partial charge in [0.1, 0.15) is 24.4 Å². The highest BCUT2D eigenvalue weighted by atomic mass is 19.1. The molecule has 2 aromatic rings. The Bertz CT molecular complexity index is 1450. The number of aliphatic carboxylic acids is 1. The maximum atomic E-state index is 15.0. The van der Waals surface area contributed by atoms with Crippen LogP contribution in [0, 0.1) is 29.0 Å². The van der Waals surface area contributed by atoms with E-state index in [0.29, 0.717) is 35.4 Å². The summed E-state index contributed by atoms with van der Waals surface area (Å²) in [7, 11) is 0. The topological polar surface area (TPSA) is 124 Å². The average Bonchev–Trinajstić information content (AvgIpc) is 3.00. The number of anilines is 1. The van der Waals surface area contributed by atoms with Crippen molar-refractivity contribution >= 4 is 35.2 Å². The number of hydrogen-bond donors (Lipinski definition) is 2. The fraction of sp³-hybridized carbons (Fsp3) is 0.500. The second kappa shape index (κ2) is 11.8. The molecule has 0 saturated heterocycles. The average molecular weight is 604 g/mol. The van der Waals surface area contributed by atoms with E-state index in [0.717, 1.165) is 19.3 Å². The molecule has 5 aliphatic rings. The van der Waals surface area contributed by atoms with E-state index in [1.807, 2.05) is 0 Å². The number of hydrogen-bond acceptors (Lipinski definition) is 5. The van der Waals surface area contributed by atoms with Gasteiger partial charge in [-0.2, -0.15) is 0 Å². The van der Waals surface area contributed by atoms with Crippen LogP contribution in [0.25, 0.3) is 0 Å². The van der Waals surface area contributed by atoms with Crippen molar-refractivity contribution in [3.8, 4) is 0 Å². The molecular formula is C34H38FN3O6. The second-order valence-corrected chi connectivity index (χ2v) is 13.4. The summed E-state index contributed by atoms with van der Waals surface area (Å²) in [5.41, 5.74) is 1.04. The molecule has 0 radical (unpaired) electrons. The number of halogens is 1. The number of nitrogens with one attached hydrogen (secondary N) is 1. The number of carboxylic acid groups (broad SMARTS) is 1. The number of nitrogens with zero attached hydrogens (tertiary/aromatic N) is 2. The van der Waals surface area contributed by atoms with Crippen LogP contribution in [0.3, 0.4) is 0 Å². The summed E-state index contributed by atoms with van der Waals surface area (Å²) in [4.78, 5) is 70.1. The third kappa shape index (κ3) is 5.86. The lowest BCUT2D eigenvalue weighted by Gasteiger charge is -2.58. The second-order valence-electron chi connectivity index (χ2n) is 13.4. The van der Waals surface area contributed by atoms with Gasteiger partial charge in [-0.3, -0.25) is 24.0 Å². The van der Waals surface area contributed by atoms with Crippen LogP contribution < -0.4 is 10.2 Å². The molecule has 4 saturated carbocycles. The zero-order valence-electron chi connectivity index (χ0n) is 24.8. The van der Waals surface area contributed by atoms with Crippen LogP contribution in [0.15, 0.2) is 48.5 Å². The maximum Gasteiger partial charge on any atom is 0.322 e. The van der Waals surface area contributed by atoms with Crippen molar-refractivity contribution in [3.05, 3.63) is 65.5 Å². The number of rotatable bonds is 7. The Morgan fingerprint density at radius 1 is 0.955 bits per heavy atom. The highest BCUT2D eigenvalue weighted by molar-refractivity contribution is 6.10. The van der Waals surface area contributed by atoms with Gasteiger partial charge in [-0.25, -0.2) is 4.39 Å². The first-order valence-corrected chi connectivity index (χ1v) is 15.5. The maximum absolute atomic E-state index is 15.0. The molecule has 1 heterocycles. The summed E-state index contributed by atoms with van der Waals surface area (Å²) >= 11 is 0. The molecule has 3 amide bonds. The number of carbonyl (C=O) groups is 5. The molecule has 0 aromatic heterocycles. The molecule has 1 aliphatic heterocycles. The van der Waals surface area contributed by atoms with Gasteiger partial charge in [0.05, 0.1) is 12.2 Å². The molecule has 2 atom stereocenters. The Hall–Kier alpha value is -4.08. The fourth-order valence-electron chi connectivity index (χ4n) is 8.97. The molecule has 2 aromatic carbocycles. The molecule has 2 N–H and O–H groups in total. The molecule has 9 nitrogen and oxygen atoms in total. The molecule has 4 fully saturated rings. The third-order valence-electron chi connectivity index (χ3n) is 10.2. The van der Waals surface area contributed by atoms with Crippen LogP contribution in [-0.4, -0.2) is 58.1 Å². The van der Waals surface area contributed by atoms with E-state index >= 15 is 0 Å². The standard InChI is InChI=1S/C34H38FN3O6/c1-20(39)38-28(32(43)36-18-31(41)42)13-30(40)26-4-2-3-5-27(26)37(19-21-6-8-25(35)9-7-21)33(44)29(38)17-34-14-22-10-23(15-34)12-24(11-22)16-34/h2-9,22-24,28-29H,10-19H2,1H3,(H,36,43)(H,41,42)/t22?,23?,24?,28-,29+,34?/m1/s1. The summed E-state index contributed by atoms with van der Waals surface area (Å²) in [6.07, 6.45) is 6.38. The number of carboxylic acids is 1. The van der Waals surface area contributed by atoms with Crippen molar-refractivity contribution < 1.29 is 33.5 Å². The number of carbonyl (C=O) groups excluding carboxylic acids is 4. The Morgan fingerprint density at radius 3 is 2.16 bits per heavy atom. The van der Waals surface area contributed by atoms with Gasteiger partial charge in [-0.15, -0.1) is 0 Å². The van der Waals surface area contributed by atoms with Gasteiger partial charge in [-0.1, -0.05) is 24.3 Å². The van der Waals surface area contributed by atoms with E-state index in [-0.39, 0.29) is 17.5 Å². The van der Waals surface area contributed by atoms with Crippen molar-refractivity contribution in [1.82, 2.24) is 10.2 Å². The van der Waals surface area contributed by atoms with Crippen LogP contribution in [0.1, 0.15) is 74.2 Å². The summed E-state index contributed by atoms with van der Waals surface area (Å²) in [5.74, 6) is -2.15. The van der Waals surface area contributed by atoms with Crippen LogP contribution in [0.4, 0.5) is 10.1 Å². The van der Waals surface area contributed by atoms with Crippen molar-refractivity contribution in [2.24, 2.45) is 23.2 Å². The largest absolute Gasteiger partial charge is 0.480 e. The number of para-hydroxylation sites is 1. The van der Waals surface area contributed by atoms with E-state index < -0.39 is 60.3 Å². The van der Waals surface area contributed by atoms with Gasteiger partial charge < -0.3 is 20.2 Å². The highest BCUT2D eigenvalue weighted by Crippen LogP contribution is 2.62. The Balaban J connectivity index is 1.47. The Labute approximate surface area is 255 Å². The lowest BCUT2D eigenvalue weighted by molar-refractivity contribution is -0.150. The van der Waals surface area contributed by atoms with Gasteiger partial charge in [0.2, 0.25) is 17.7 Å². The van der Waals surface area contributed by atoms with Crippen molar-refractivity contribution in [2.75, 3.05) is 11.4 Å². The SMILES string of the molecule is CC(=O)N1[C@@H](C(=O)NCC(=O)O)CC(=O)c2ccccc2N(Cc2ccc(F)cc2)C(=O)[C@@H]1CC12CC3CC(CC(C3)C1)C2. The predicted molar refractivity (Wildman–Crippen MR) is 159 cm³/mol. The van der Waals surface area contributed by atoms with Crippen LogP contribution >= 0.6 is 0 Å². The summed E-state index contributed by atoms with van der Waals surface area (Å²) in [6, 6.07) is 10.0. The van der Waals surface area contributed by atoms with E-state index in [1.54, 1.807) is 36.4 Å². The summed E-state index contributed by atoms with van der Waals surface area (Å²) in [6.45, 7) is 0.635. The van der Waals surface area contributed by atoms with Crippen molar-refractivity contribution in [1.29, 1.82) is 0 Å². The molecule has 0 unspecified atom stereocenters. The normalized spacial score (nSPS) is 29.5. The van der Waals surface area contributed by atoms with E-state index in [1.165, 1.54) is 48.1 Å². The van der Waals surface area contributed by atoms with E-state index in [4.69, 9.17) is 0 Å². The fourth-order valence-corrected chi connectivity index (χ4v) is 8.97. The quantitative estimate of drug-likeness (QED) is 0.486. The summed E-state index contributed by atoms with van der Waals surface area (Å²) < 4.78 is 13.8. The number of fused-ring (bicyclic) bond motifs is 1. The molecule has 232 valence electrons. The van der Waals surface area contributed by atoms with Crippen LogP contribution in [-0.2, 0) is 25.7 Å². The Kier molecular flexibility index (Phi) is 8.02. The molecule has 4 bridgehead atoms. The molecular weight excluding hydrogens is 565 g/mol. The van der Waals surface area contributed by atoms with Crippen LogP contribution in [0.5, 0.6) is 0 Å². The smallest absolute Gasteiger partial charge is 0.322 e. The molecule has 10 heteroatoms. The first kappa shape index (κ1) is 30.0. The molecule has 0 spiro atoms. The monoisotopic (exact) mass is 603 g/mol. The minimum atomic E-state index is -1.37. The van der Waals surface area contributed by atoms with Crippen molar-refractivity contribution in [2.45, 2.75) is 76.9 Å². The van der Waals surface area contributed by atoms with Gasteiger partial charge >= 0.3 is 5.97 Å². The first-order chi connectivity index (χ1) is 21.0. The number of Topliss-reactive ketones (excluding diaryl/α,β-unsaturated/α-hetero) is 1. The molecule has 44 heavy (non-hydrogen) atoms.